The molecule has 1 aromatic rings. The van der Waals surface area contributed by atoms with E-state index in [0.29, 0.717) is 12.2 Å². The molecule has 2 N–H and O–H groups in total. The highest BCUT2D eigenvalue weighted by Gasteiger charge is 2.20. The van der Waals surface area contributed by atoms with E-state index in [4.69, 9.17) is 0 Å². The summed E-state index contributed by atoms with van der Waals surface area (Å²) in [6, 6.07) is 6.38. The summed E-state index contributed by atoms with van der Waals surface area (Å²) in [6.07, 6.45) is 0.945. The van der Waals surface area contributed by atoms with Gasteiger partial charge in [0.15, 0.2) is 0 Å². The van der Waals surface area contributed by atoms with Crippen LogP contribution in [0.25, 0.3) is 0 Å². The Morgan fingerprint density at radius 1 is 1.53 bits per heavy atom. The smallest absolute Gasteiger partial charge is 0.253 e. The topological polar surface area (TPSA) is 49.3 Å². The molecule has 0 radical (unpaired) electrons. The molecule has 90 valence electrons. The summed E-state index contributed by atoms with van der Waals surface area (Å²) in [4.78, 5) is 11.9. The number of benzene rings is 1. The van der Waals surface area contributed by atoms with Crippen molar-refractivity contribution in [2.75, 3.05) is 0 Å². The van der Waals surface area contributed by atoms with Gasteiger partial charge in [0.2, 0.25) is 0 Å². The van der Waals surface area contributed by atoms with Gasteiger partial charge in [-0.15, -0.1) is 11.8 Å². The first-order valence-corrected chi connectivity index (χ1v) is 6.18. The molecule has 0 fully saturated rings. The quantitative estimate of drug-likeness (QED) is 0.863. The van der Waals surface area contributed by atoms with Crippen molar-refractivity contribution in [3.8, 4) is 0 Å². The Morgan fingerprint density at radius 3 is 3.06 bits per heavy atom. The minimum Gasteiger partial charge on any atom is -0.383 e. The number of carbonyl (C=O) groups excluding carboxylic acids is 1. The van der Waals surface area contributed by atoms with Crippen molar-refractivity contribution in [3.63, 3.8) is 0 Å². The van der Waals surface area contributed by atoms with Crippen LogP contribution < -0.4 is 5.32 Å². The fourth-order valence-electron chi connectivity index (χ4n) is 1.49. The zero-order chi connectivity index (χ0) is 12.3. The van der Waals surface area contributed by atoms with Crippen LogP contribution in [0.1, 0.15) is 12.0 Å². The van der Waals surface area contributed by atoms with Gasteiger partial charge in [-0.2, -0.15) is 0 Å². The molecule has 0 bridgehead atoms. The van der Waals surface area contributed by atoms with Crippen LogP contribution in [0.5, 0.6) is 0 Å². The molecule has 1 unspecified atom stereocenters. The molecule has 0 aliphatic carbocycles. The fraction of sp³-hybridized carbons (Fsp3) is 0.250. The van der Waals surface area contributed by atoms with Gasteiger partial charge in [0.1, 0.15) is 11.9 Å². The average Bonchev–Trinajstić information content (AvgIpc) is 2.31. The normalized spacial score (nSPS) is 19.8. The predicted octanol–water partition coefficient (Wildman–Crippen LogP) is 1.78. The van der Waals surface area contributed by atoms with Gasteiger partial charge in [-0.3, -0.25) is 4.79 Å². The summed E-state index contributed by atoms with van der Waals surface area (Å²) < 4.78 is 12.9. The molecule has 1 amide bonds. The number of amides is 1. The van der Waals surface area contributed by atoms with Crippen LogP contribution in [0, 0.1) is 5.82 Å². The largest absolute Gasteiger partial charge is 0.383 e. The second-order valence-electron chi connectivity index (χ2n) is 3.76. The van der Waals surface area contributed by atoms with Crippen LogP contribution in [-0.2, 0) is 10.5 Å². The monoisotopic (exact) mass is 253 g/mol. The third-order valence-electron chi connectivity index (χ3n) is 2.39. The van der Waals surface area contributed by atoms with Crippen molar-refractivity contribution in [1.82, 2.24) is 5.32 Å². The highest BCUT2D eigenvalue weighted by Crippen LogP contribution is 2.26. The number of hydrogen-bond acceptors (Lipinski definition) is 3. The summed E-state index contributed by atoms with van der Waals surface area (Å²) in [5, 5.41) is 11.8. The van der Waals surface area contributed by atoms with Crippen LogP contribution in [0.4, 0.5) is 4.39 Å². The maximum atomic E-state index is 12.9. The Morgan fingerprint density at radius 2 is 2.35 bits per heavy atom. The molecule has 0 saturated carbocycles. The molecular formula is C12H12FNO2S. The molecule has 1 aromatic carbocycles. The van der Waals surface area contributed by atoms with Gasteiger partial charge < -0.3 is 10.4 Å². The van der Waals surface area contributed by atoms with E-state index in [9.17, 15) is 14.3 Å². The number of rotatable bonds is 3. The summed E-state index contributed by atoms with van der Waals surface area (Å²) in [7, 11) is 0. The number of aliphatic hydroxyl groups excluding tert-OH is 1. The van der Waals surface area contributed by atoms with E-state index in [1.165, 1.54) is 23.9 Å². The number of nitrogens with one attached hydrogen (secondary N) is 1. The molecule has 0 spiro atoms. The number of thioether (sulfide) groups is 1. The number of carbonyl (C=O) groups is 1. The summed E-state index contributed by atoms with van der Waals surface area (Å²) >= 11 is 1.48. The Labute approximate surface area is 103 Å². The molecule has 1 aliphatic rings. The van der Waals surface area contributed by atoms with Gasteiger partial charge in [-0.1, -0.05) is 12.1 Å². The molecule has 2 rings (SSSR count). The van der Waals surface area contributed by atoms with E-state index >= 15 is 0 Å². The van der Waals surface area contributed by atoms with Crippen LogP contribution in [0.3, 0.4) is 0 Å². The lowest BCUT2D eigenvalue weighted by molar-refractivity contribution is -0.128. The lowest BCUT2D eigenvalue weighted by Crippen LogP contribution is -2.34. The van der Waals surface area contributed by atoms with E-state index in [-0.39, 0.29) is 11.7 Å². The van der Waals surface area contributed by atoms with Gasteiger partial charge in [-0.25, -0.2) is 4.39 Å². The Balaban J connectivity index is 1.93. The van der Waals surface area contributed by atoms with Crippen molar-refractivity contribution >= 4 is 17.7 Å². The maximum absolute atomic E-state index is 12.9. The fourth-order valence-corrected chi connectivity index (χ4v) is 2.44. The number of hydrogen-bond donors (Lipinski definition) is 2. The van der Waals surface area contributed by atoms with Crippen LogP contribution in [0.15, 0.2) is 35.4 Å². The summed E-state index contributed by atoms with van der Waals surface area (Å²) in [5.41, 5.74) is 0.877. The highest BCUT2D eigenvalue weighted by molar-refractivity contribution is 8.02. The Kier molecular flexibility index (Phi) is 3.81. The molecule has 0 saturated heterocycles. The molecule has 0 aromatic heterocycles. The molecule has 5 heteroatoms. The second kappa shape index (κ2) is 5.33. The van der Waals surface area contributed by atoms with Crippen molar-refractivity contribution in [2.24, 2.45) is 0 Å². The van der Waals surface area contributed by atoms with E-state index in [1.54, 1.807) is 12.3 Å². The standard InChI is InChI=1S/C12H12FNO2S/c13-9-3-1-2-8(4-9)7-17-10-5-11(15)12(16)14-6-10/h1-4,6,11,15H,5,7H2,(H,14,16). The lowest BCUT2D eigenvalue weighted by Gasteiger charge is -2.17. The van der Waals surface area contributed by atoms with Crippen LogP contribution in [0.2, 0.25) is 0 Å². The molecule has 1 atom stereocenters. The second-order valence-corrected chi connectivity index (χ2v) is 4.86. The van der Waals surface area contributed by atoms with Gasteiger partial charge in [0, 0.05) is 23.3 Å². The van der Waals surface area contributed by atoms with E-state index in [2.05, 4.69) is 5.32 Å². The van der Waals surface area contributed by atoms with Crippen LogP contribution in [-0.4, -0.2) is 17.1 Å². The van der Waals surface area contributed by atoms with Gasteiger partial charge in [-0.05, 0) is 17.7 Å². The van der Waals surface area contributed by atoms with Crippen molar-refractivity contribution in [3.05, 3.63) is 46.8 Å². The first-order chi connectivity index (χ1) is 8.15. The first kappa shape index (κ1) is 12.1. The van der Waals surface area contributed by atoms with E-state index in [1.807, 2.05) is 6.07 Å². The van der Waals surface area contributed by atoms with E-state index < -0.39 is 6.10 Å². The van der Waals surface area contributed by atoms with Gasteiger partial charge in [0.25, 0.3) is 5.91 Å². The molecule has 1 heterocycles. The molecule has 17 heavy (non-hydrogen) atoms. The minimum absolute atomic E-state index is 0.255. The van der Waals surface area contributed by atoms with Gasteiger partial charge in [0.05, 0.1) is 0 Å². The third kappa shape index (κ3) is 3.31. The van der Waals surface area contributed by atoms with E-state index in [0.717, 1.165) is 10.5 Å². The highest BCUT2D eigenvalue weighted by atomic mass is 32.2. The summed E-state index contributed by atoms with van der Waals surface area (Å²) in [5.74, 6) is -0.0132. The third-order valence-corrected chi connectivity index (χ3v) is 3.52. The molecule has 3 nitrogen and oxygen atoms in total. The van der Waals surface area contributed by atoms with Gasteiger partial charge >= 0.3 is 0 Å². The average molecular weight is 253 g/mol. The van der Waals surface area contributed by atoms with Crippen LogP contribution >= 0.6 is 11.8 Å². The molecule has 1 aliphatic heterocycles. The SMILES string of the molecule is O=C1NC=C(SCc2cccc(F)c2)CC1O. The molecular weight excluding hydrogens is 241 g/mol. The van der Waals surface area contributed by atoms with Crippen molar-refractivity contribution in [2.45, 2.75) is 18.3 Å². The first-order valence-electron chi connectivity index (χ1n) is 5.20. The summed E-state index contributed by atoms with van der Waals surface area (Å²) in [6.45, 7) is 0. The minimum atomic E-state index is -0.977. The van der Waals surface area contributed by atoms with Crippen molar-refractivity contribution < 1.29 is 14.3 Å². The number of aliphatic hydroxyl groups is 1. The van der Waals surface area contributed by atoms with Crippen molar-refractivity contribution in [1.29, 1.82) is 0 Å². The maximum Gasteiger partial charge on any atom is 0.253 e. The Bertz CT molecular complexity index is 462. The zero-order valence-corrected chi connectivity index (χ0v) is 9.84. The lowest BCUT2D eigenvalue weighted by atomic mass is 10.2. The number of halogens is 1. The Hall–Kier alpha value is -1.33. The zero-order valence-electron chi connectivity index (χ0n) is 9.02. The predicted molar refractivity (Wildman–Crippen MR) is 64.5 cm³/mol.